The fourth-order valence-corrected chi connectivity index (χ4v) is 8.64. The van der Waals surface area contributed by atoms with Crippen LogP contribution in [0.5, 0.6) is 0 Å². The molecule has 0 fully saturated rings. The van der Waals surface area contributed by atoms with Gasteiger partial charge in [0.25, 0.3) is 0 Å². The average molecular weight is 713 g/mol. The van der Waals surface area contributed by atoms with Crippen molar-refractivity contribution in [1.29, 1.82) is 0 Å². The quantitative estimate of drug-likeness (QED) is 0.167. The number of hydrogen-bond donors (Lipinski definition) is 0. The van der Waals surface area contributed by atoms with Crippen molar-refractivity contribution in [2.24, 2.45) is 0 Å². The van der Waals surface area contributed by atoms with Crippen LogP contribution in [0.4, 0.5) is 17.1 Å². The molecular weight excluding hydrogens is 677 g/mol. The summed E-state index contributed by atoms with van der Waals surface area (Å²) in [6, 6.07) is 79.6. The summed E-state index contributed by atoms with van der Waals surface area (Å²) in [6.07, 6.45) is 0. The Kier molecular flexibility index (Phi) is 7.53. The van der Waals surface area contributed by atoms with Gasteiger partial charge in [-0.25, -0.2) is 0 Å². The molecule has 11 rings (SSSR count). The van der Waals surface area contributed by atoms with Crippen LogP contribution in [0.25, 0.3) is 82.1 Å². The van der Waals surface area contributed by atoms with E-state index in [4.69, 9.17) is 0 Å². The number of fused-ring (bicyclic) bond motifs is 7. The number of para-hydroxylation sites is 1. The molecule has 0 aliphatic rings. The molecular formula is C54H36N2. The number of rotatable bonds is 6. The van der Waals surface area contributed by atoms with Crippen molar-refractivity contribution >= 4 is 71.2 Å². The van der Waals surface area contributed by atoms with Gasteiger partial charge < -0.3 is 9.47 Å². The van der Waals surface area contributed by atoms with Crippen molar-refractivity contribution in [2.45, 2.75) is 0 Å². The van der Waals surface area contributed by atoms with E-state index in [0.717, 1.165) is 22.7 Å². The van der Waals surface area contributed by atoms with E-state index in [-0.39, 0.29) is 0 Å². The highest BCUT2D eigenvalue weighted by Crippen LogP contribution is 2.46. The Balaban J connectivity index is 1.21. The number of anilines is 3. The molecule has 2 heteroatoms. The third-order valence-corrected chi connectivity index (χ3v) is 11.3. The van der Waals surface area contributed by atoms with Gasteiger partial charge in [-0.05, 0) is 116 Å². The second-order valence-electron chi connectivity index (χ2n) is 14.6. The minimum atomic E-state index is 1.10. The fourth-order valence-electron chi connectivity index (χ4n) is 8.64. The molecule has 0 bridgehead atoms. The third kappa shape index (κ3) is 5.34. The van der Waals surface area contributed by atoms with Crippen LogP contribution in [0.2, 0.25) is 0 Å². The molecule has 0 amide bonds. The highest BCUT2D eigenvalue weighted by molar-refractivity contribution is 6.25. The summed E-state index contributed by atoms with van der Waals surface area (Å²) in [7, 11) is 0. The standard InChI is InChI=1S/C54H36N2/c1-3-13-37(14-4-1)40-25-28-46(29-26-40)55(47-30-27-39-16-8-10-18-42(39)34-47)48-31-32-52-51(36-48)53-50(44-24-23-38-15-7-9-17-41(38)33-44)35-43-19-11-12-22-49(43)54(53)56(52)45-20-5-2-6-21-45/h1-36H. The summed E-state index contributed by atoms with van der Waals surface area (Å²) in [5.41, 5.74) is 11.7. The normalized spacial score (nSPS) is 11.6. The maximum Gasteiger partial charge on any atom is 0.0625 e. The Morgan fingerprint density at radius 2 is 0.857 bits per heavy atom. The van der Waals surface area contributed by atoms with Crippen molar-refractivity contribution in [1.82, 2.24) is 4.57 Å². The number of hydrogen-bond acceptors (Lipinski definition) is 1. The molecule has 262 valence electrons. The van der Waals surface area contributed by atoms with Gasteiger partial charge in [-0.3, -0.25) is 0 Å². The van der Waals surface area contributed by atoms with E-state index in [1.807, 2.05) is 0 Å². The molecule has 0 spiro atoms. The van der Waals surface area contributed by atoms with Crippen LogP contribution in [0.3, 0.4) is 0 Å². The van der Waals surface area contributed by atoms with E-state index in [0.29, 0.717) is 0 Å². The number of aromatic nitrogens is 1. The van der Waals surface area contributed by atoms with Crippen molar-refractivity contribution in [3.8, 4) is 27.9 Å². The summed E-state index contributed by atoms with van der Waals surface area (Å²) in [5.74, 6) is 0. The zero-order valence-electron chi connectivity index (χ0n) is 30.7. The van der Waals surface area contributed by atoms with E-state index in [1.165, 1.54) is 76.4 Å². The molecule has 0 atom stereocenters. The largest absolute Gasteiger partial charge is 0.310 e. The fraction of sp³-hybridized carbons (Fsp3) is 0. The predicted molar refractivity (Wildman–Crippen MR) is 239 cm³/mol. The van der Waals surface area contributed by atoms with Crippen LogP contribution < -0.4 is 4.90 Å². The zero-order valence-corrected chi connectivity index (χ0v) is 30.7. The second kappa shape index (κ2) is 13.2. The second-order valence-corrected chi connectivity index (χ2v) is 14.6. The Hall–Kier alpha value is -7.42. The first-order valence-electron chi connectivity index (χ1n) is 19.3. The molecule has 1 heterocycles. The molecule has 0 unspecified atom stereocenters. The molecule has 0 saturated heterocycles. The van der Waals surface area contributed by atoms with Gasteiger partial charge >= 0.3 is 0 Å². The summed E-state index contributed by atoms with van der Waals surface area (Å²) in [6.45, 7) is 0. The van der Waals surface area contributed by atoms with Crippen LogP contribution >= 0.6 is 0 Å². The summed E-state index contributed by atoms with van der Waals surface area (Å²) in [4.78, 5) is 2.41. The summed E-state index contributed by atoms with van der Waals surface area (Å²) >= 11 is 0. The van der Waals surface area contributed by atoms with Gasteiger partial charge in [-0.15, -0.1) is 0 Å². The van der Waals surface area contributed by atoms with Crippen molar-refractivity contribution in [2.75, 3.05) is 4.90 Å². The van der Waals surface area contributed by atoms with Gasteiger partial charge in [0.15, 0.2) is 0 Å². The van der Waals surface area contributed by atoms with Gasteiger partial charge in [0.05, 0.1) is 11.0 Å². The van der Waals surface area contributed by atoms with E-state index >= 15 is 0 Å². The van der Waals surface area contributed by atoms with Gasteiger partial charge in [0.2, 0.25) is 0 Å². The van der Waals surface area contributed by atoms with Crippen LogP contribution in [0, 0.1) is 0 Å². The topological polar surface area (TPSA) is 8.17 Å². The third-order valence-electron chi connectivity index (χ3n) is 11.3. The SMILES string of the molecule is c1ccc(-c2ccc(N(c3ccc4ccccc4c3)c3ccc4c(c3)c3c(-c5ccc6ccccc6c5)cc5ccccc5c3n4-c3ccccc3)cc2)cc1. The van der Waals surface area contributed by atoms with Crippen LogP contribution in [-0.2, 0) is 0 Å². The Morgan fingerprint density at radius 1 is 0.321 bits per heavy atom. The minimum Gasteiger partial charge on any atom is -0.310 e. The number of nitrogens with zero attached hydrogens (tertiary/aromatic N) is 2. The van der Waals surface area contributed by atoms with E-state index in [9.17, 15) is 0 Å². The molecule has 2 nitrogen and oxygen atoms in total. The lowest BCUT2D eigenvalue weighted by molar-refractivity contribution is 1.18. The highest BCUT2D eigenvalue weighted by atomic mass is 15.1. The molecule has 0 aliphatic heterocycles. The number of benzene rings is 10. The first-order valence-corrected chi connectivity index (χ1v) is 19.3. The van der Waals surface area contributed by atoms with E-state index in [2.05, 4.69) is 228 Å². The first kappa shape index (κ1) is 32.0. The Morgan fingerprint density at radius 3 is 1.61 bits per heavy atom. The maximum atomic E-state index is 2.47. The molecule has 0 saturated carbocycles. The maximum absolute atomic E-state index is 2.47. The Labute approximate surface area is 325 Å². The molecule has 0 radical (unpaired) electrons. The van der Waals surface area contributed by atoms with E-state index < -0.39 is 0 Å². The van der Waals surface area contributed by atoms with E-state index in [1.54, 1.807) is 0 Å². The predicted octanol–water partition coefficient (Wildman–Crippen LogP) is 15.0. The molecule has 11 aromatic rings. The van der Waals surface area contributed by atoms with Crippen LogP contribution in [0.1, 0.15) is 0 Å². The monoisotopic (exact) mass is 712 g/mol. The lowest BCUT2D eigenvalue weighted by Gasteiger charge is -2.26. The van der Waals surface area contributed by atoms with Crippen LogP contribution in [0.15, 0.2) is 218 Å². The van der Waals surface area contributed by atoms with Crippen LogP contribution in [-0.4, -0.2) is 4.57 Å². The van der Waals surface area contributed by atoms with Crippen molar-refractivity contribution in [3.05, 3.63) is 218 Å². The lowest BCUT2D eigenvalue weighted by atomic mass is 9.93. The van der Waals surface area contributed by atoms with Crippen molar-refractivity contribution in [3.63, 3.8) is 0 Å². The molecule has 56 heavy (non-hydrogen) atoms. The van der Waals surface area contributed by atoms with Crippen molar-refractivity contribution < 1.29 is 0 Å². The molecule has 10 aromatic carbocycles. The van der Waals surface area contributed by atoms with Gasteiger partial charge in [0.1, 0.15) is 0 Å². The smallest absolute Gasteiger partial charge is 0.0625 e. The zero-order chi connectivity index (χ0) is 37.0. The molecule has 0 N–H and O–H groups in total. The average Bonchev–Trinajstić information content (AvgIpc) is 3.62. The van der Waals surface area contributed by atoms with Gasteiger partial charge in [-0.2, -0.15) is 0 Å². The molecule has 1 aromatic heterocycles. The summed E-state index contributed by atoms with van der Waals surface area (Å²) < 4.78 is 2.47. The Bertz CT molecular complexity index is 3230. The lowest BCUT2D eigenvalue weighted by Crippen LogP contribution is -2.10. The molecule has 0 aliphatic carbocycles. The van der Waals surface area contributed by atoms with Gasteiger partial charge in [0, 0.05) is 38.9 Å². The highest BCUT2D eigenvalue weighted by Gasteiger charge is 2.22. The first-order chi connectivity index (χ1) is 27.8. The minimum absolute atomic E-state index is 1.10. The van der Waals surface area contributed by atoms with Gasteiger partial charge in [-0.1, -0.05) is 152 Å². The summed E-state index contributed by atoms with van der Waals surface area (Å²) in [5, 5.41) is 9.83.